The van der Waals surface area contributed by atoms with Crippen LogP contribution in [-0.2, 0) is 0 Å². The summed E-state index contributed by atoms with van der Waals surface area (Å²) in [6, 6.07) is 9.25. The van der Waals surface area contributed by atoms with Crippen LogP contribution in [0.1, 0.15) is 30.6 Å². The van der Waals surface area contributed by atoms with E-state index in [1.54, 1.807) is 19.2 Å². The van der Waals surface area contributed by atoms with Gasteiger partial charge in [0.15, 0.2) is 0 Å². The summed E-state index contributed by atoms with van der Waals surface area (Å²) in [6.45, 7) is 3.81. The molecule has 2 rings (SSSR count). The van der Waals surface area contributed by atoms with E-state index < -0.39 is 5.60 Å². The van der Waals surface area contributed by atoms with Gasteiger partial charge in [-0.3, -0.25) is 9.78 Å². The molecule has 4 heteroatoms. The smallest absolute Gasteiger partial charge is 0.253 e. The minimum Gasteiger partial charge on any atom is -0.388 e. The molecule has 1 unspecified atom stereocenters. The molecule has 0 bridgehead atoms. The lowest BCUT2D eigenvalue weighted by Gasteiger charge is -2.21. The normalized spacial score (nSPS) is 14.1. The van der Waals surface area contributed by atoms with Crippen molar-refractivity contribution in [2.75, 3.05) is 6.54 Å². The van der Waals surface area contributed by atoms with E-state index in [0.717, 1.165) is 5.39 Å². The Labute approximate surface area is 112 Å². The van der Waals surface area contributed by atoms with Crippen molar-refractivity contribution >= 4 is 16.8 Å². The molecule has 2 aromatic rings. The van der Waals surface area contributed by atoms with Gasteiger partial charge in [-0.05, 0) is 25.5 Å². The molecule has 0 radical (unpaired) electrons. The fraction of sp³-hybridized carbons (Fsp3) is 0.333. The predicted molar refractivity (Wildman–Crippen MR) is 75.0 cm³/mol. The highest BCUT2D eigenvalue weighted by molar-refractivity contribution is 6.05. The topological polar surface area (TPSA) is 62.2 Å². The van der Waals surface area contributed by atoms with E-state index >= 15 is 0 Å². The molecule has 4 nitrogen and oxygen atoms in total. The first-order chi connectivity index (χ1) is 9.03. The van der Waals surface area contributed by atoms with Gasteiger partial charge in [-0.25, -0.2) is 0 Å². The van der Waals surface area contributed by atoms with Crippen molar-refractivity contribution in [1.82, 2.24) is 10.3 Å². The van der Waals surface area contributed by atoms with E-state index in [1.807, 2.05) is 31.2 Å². The molecular formula is C15H18N2O2. The van der Waals surface area contributed by atoms with E-state index in [-0.39, 0.29) is 12.5 Å². The number of rotatable bonds is 4. The molecular weight excluding hydrogens is 240 g/mol. The summed E-state index contributed by atoms with van der Waals surface area (Å²) >= 11 is 0. The maximum atomic E-state index is 12.2. The van der Waals surface area contributed by atoms with Gasteiger partial charge in [0.2, 0.25) is 0 Å². The first-order valence-corrected chi connectivity index (χ1v) is 6.38. The third-order valence-electron chi connectivity index (χ3n) is 3.27. The first kappa shape index (κ1) is 13.5. The van der Waals surface area contributed by atoms with Crippen molar-refractivity contribution in [3.8, 4) is 0 Å². The third-order valence-corrected chi connectivity index (χ3v) is 3.27. The van der Waals surface area contributed by atoms with Gasteiger partial charge in [0.25, 0.3) is 5.91 Å². The summed E-state index contributed by atoms with van der Waals surface area (Å²) in [5, 5.41) is 13.6. The summed E-state index contributed by atoms with van der Waals surface area (Å²) in [4.78, 5) is 16.4. The number of fused-ring (bicyclic) bond motifs is 1. The molecule has 0 aliphatic heterocycles. The average molecular weight is 258 g/mol. The lowest BCUT2D eigenvalue weighted by Crippen LogP contribution is -2.40. The summed E-state index contributed by atoms with van der Waals surface area (Å²) in [7, 11) is 0. The van der Waals surface area contributed by atoms with Crippen molar-refractivity contribution in [2.24, 2.45) is 0 Å². The van der Waals surface area contributed by atoms with Crippen LogP contribution in [-0.4, -0.2) is 28.1 Å². The van der Waals surface area contributed by atoms with Gasteiger partial charge in [0.1, 0.15) is 0 Å². The molecule has 2 N–H and O–H groups in total. The SMILES string of the molecule is CCC(C)(O)CNC(=O)c1cccc2cccnc12. The van der Waals surface area contributed by atoms with E-state index in [1.165, 1.54) is 0 Å². The van der Waals surface area contributed by atoms with Crippen LogP contribution in [0.4, 0.5) is 0 Å². The Morgan fingerprint density at radius 2 is 2.11 bits per heavy atom. The number of nitrogens with zero attached hydrogens (tertiary/aromatic N) is 1. The number of carbonyl (C=O) groups excluding carboxylic acids is 1. The maximum Gasteiger partial charge on any atom is 0.253 e. The van der Waals surface area contributed by atoms with E-state index in [2.05, 4.69) is 10.3 Å². The van der Waals surface area contributed by atoms with Crippen LogP contribution < -0.4 is 5.32 Å². The van der Waals surface area contributed by atoms with Crippen molar-refractivity contribution in [3.63, 3.8) is 0 Å². The molecule has 100 valence electrons. The summed E-state index contributed by atoms with van der Waals surface area (Å²) < 4.78 is 0. The highest BCUT2D eigenvalue weighted by atomic mass is 16.3. The monoisotopic (exact) mass is 258 g/mol. The standard InChI is InChI=1S/C15H18N2O2/c1-3-15(2,19)10-17-14(18)12-8-4-6-11-7-5-9-16-13(11)12/h4-9,19H,3,10H2,1-2H3,(H,17,18). The Bertz CT molecular complexity index is 588. The molecule has 19 heavy (non-hydrogen) atoms. The zero-order valence-corrected chi connectivity index (χ0v) is 11.2. The number of aromatic nitrogens is 1. The van der Waals surface area contributed by atoms with Crippen LogP contribution >= 0.6 is 0 Å². The fourth-order valence-corrected chi connectivity index (χ4v) is 1.78. The number of nitrogens with one attached hydrogen (secondary N) is 1. The minimum absolute atomic E-state index is 0.210. The summed E-state index contributed by atoms with van der Waals surface area (Å²) in [5.41, 5.74) is 0.330. The number of pyridine rings is 1. The number of aliphatic hydroxyl groups is 1. The van der Waals surface area contributed by atoms with Crippen LogP contribution in [0.15, 0.2) is 36.5 Å². The third kappa shape index (κ3) is 3.09. The van der Waals surface area contributed by atoms with Gasteiger partial charge in [0.05, 0.1) is 16.7 Å². The van der Waals surface area contributed by atoms with Gasteiger partial charge < -0.3 is 10.4 Å². The highest BCUT2D eigenvalue weighted by Gasteiger charge is 2.19. The van der Waals surface area contributed by atoms with Gasteiger partial charge in [-0.15, -0.1) is 0 Å². The lowest BCUT2D eigenvalue weighted by atomic mass is 10.0. The number of hydrogen-bond acceptors (Lipinski definition) is 3. The average Bonchev–Trinajstić information content (AvgIpc) is 2.44. The molecule has 0 spiro atoms. The van der Waals surface area contributed by atoms with Crippen molar-refractivity contribution in [1.29, 1.82) is 0 Å². The first-order valence-electron chi connectivity index (χ1n) is 6.38. The summed E-state index contributed by atoms with van der Waals surface area (Å²) in [6.07, 6.45) is 2.25. The van der Waals surface area contributed by atoms with Gasteiger partial charge in [-0.1, -0.05) is 25.1 Å². The second kappa shape index (κ2) is 5.36. The fourth-order valence-electron chi connectivity index (χ4n) is 1.78. The van der Waals surface area contributed by atoms with Gasteiger partial charge >= 0.3 is 0 Å². The van der Waals surface area contributed by atoms with E-state index in [4.69, 9.17) is 0 Å². The molecule has 0 aliphatic rings. The lowest BCUT2D eigenvalue weighted by molar-refractivity contribution is 0.0519. The van der Waals surface area contributed by atoms with Crippen molar-refractivity contribution < 1.29 is 9.90 Å². The van der Waals surface area contributed by atoms with Crippen molar-refractivity contribution in [2.45, 2.75) is 25.9 Å². The number of carbonyl (C=O) groups is 1. The Hall–Kier alpha value is -1.94. The zero-order chi connectivity index (χ0) is 13.9. The number of amides is 1. The Kier molecular flexibility index (Phi) is 3.81. The largest absolute Gasteiger partial charge is 0.388 e. The number of para-hydroxylation sites is 1. The van der Waals surface area contributed by atoms with Gasteiger partial charge in [0, 0.05) is 18.1 Å². The molecule has 1 heterocycles. The molecule has 1 aromatic carbocycles. The van der Waals surface area contributed by atoms with E-state index in [0.29, 0.717) is 17.5 Å². The number of hydrogen-bond donors (Lipinski definition) is 2. The van der Waals surface area contributed by atoms with Crippen LogP contribution in [0.2, 0.25) is 0 Å². The molecule has 1 aromatic heterocycles. The van der Waals surface area contributed by atoms with Crippen LogP contribution in [0.25, 0.3) is 10.9 Å². The van der Waals surface area contributed by atoms with Crippen LogP contribution in [0.5, 0.6) is 0 Å². The Morgan fingerprint density at radius 3 is 2.84 bits per heavy atom. The summed E-state index contributed by atoms with van der Waals surface area (Å²) in [5.74, 6) is -0.210. The van der Waals surface area contributed by atoms with Crippen LogP contribution in [0, 0.1) is 0 Å². The molecule has 1 amide bonds. The molecule has 0 aliphatic carbocycles. The second-order valence-corrected chi connectivity index (χ2v) is 4.91. The molecule has 1 atom stereocenters. The van der Waals surface area contributed by atoms with E-state index in [9.17, 15) is 9.90 Å². The van der Waals surface area contributed by atoms with Gasteiger partial charge in [-0.2, -0.15) is 0 Å². The Morgan fingerprint density at radius 1 is 1.37 bits per heavy atom. The molecule has 0 saturated heterocycles. The molecule has 0 saturated carbocycles. The predicted octanol–water partition coefficient (Wildman–Crippen LogP) is 2.13. The second-order valence-electron chi connectivity index (χ2n) is 4.91. The number of benzene rings is 1. The van der Waals surface area contributed by atoms with Crippen LogP contribution in [0.3, 0.4) is 0 Å². The highest BCUT2D eigenvalue weighted by Crippen LogP contribution is 2.16. The molecule has 0 fully saturated rings. The maximum absolute atomic E-state index is 12.2. The quantitative estimate of drug-likeness (QED) is 0.883. The van der Waals surface area contributed by atoms with Crippen molar-refractivity contribution in [3.05, 3.63) is 42.1 Å². The Balaban J connectivity index is 2.23. The minimum atomic E-state index is -0.881. The zero-order valence-electron chi connectivity index (χ0n) is 11.2.